The molecule has 0 atom stereocenters. The van der Waals surface area contributed by atoms with Crippen molar-refractivity contribution in [1.82, 2.24) is 0 Å². The van der Waals surface area contributed by atoms with Gasteiger partial charge in [0.15, 0.2) is 0 Å². The van der Waals surface area contributed by atoms with Gasteiger partial charge in [0.2, 0.25) is 0 Å². The Balaban J connectivity index is 2.36. The van der Waals surface area contributed by atoms with Gasteiger partial charge in [-0.05, 0) is 25.0 Å². The summed E-state index contributed by atoms with van der Waals surface area (Å²) >= 11 is 0. The monoisotopic (exact) mass is 214 g/mol. The lowest BCUT2D eigenvalue weighted by molar-refractivity contribution is -0.331. The molecule has 2 heterocycles. The number of hydrogen-bond acceptors (Lipinski definition) is 2. The van der Waals surface area contributed by atoms with E-state index in [4.69, 9.17) is 5.73 Å². The molecule has 0 saturated carbocycles. The number of anilines is 2. The SMILES string of the molecule is CN1CCCc2c1[nH+]c1ccccc1c2N. The molecular formula is C13H16N3+. The normalized spacial score (nSPS) is 15.2. The highest BCUT2D eigenvalue weighted by Crippen LogP contribution is 2.31. The van der Waals surface area contributed by atoms with Crippen LogP contribution in [0.4, 0.5) is 11.5 Å². The summed E-state index contributed by atoms with van der Waals surface area (Å²) in [6.07, 6.45) is 2.26. The second kappa shape index (κ2) is 3.37. The Bertz CT molecular complexity index is 548. The minimum absolute atomic E-state index is 0.941. The molecule has 2 aromatic rings. The Morgan fingerprint density at radius 1 is 1.31 bits per heavy atom. The van der Waals surface area contributed by atoms with Gasteiger partial charge in [0.05, 0.1) is 24.8 Å². The zero-order valence-electron chi connectivity index (χ0n) is 9.46. The highest BCUT2D eigenvalue weighted by Gasteiger charge is 2.25. The van der Waals surface area contributed by atoms with E-state index in [1.807, 2.05) is 12.1 Å². The van der Waals surface area contributed by atoms with Gasteiger partial charge in [-0.15, -0.1) is 0 Å². The number of nitrogens with two attached hydrogens (primary N) is 1. The Morgan fingerprint density at radius 2 is 2.12 bits per heavy atom. The van der Waals surface area contributed by atoms with Crippen LogP contribution in [0, 0.1) is 0 Å². The Morgan fingerprint density at radius 3 is 3.00 bits per heavy atom. The third kappa shape index (κ3) is 1.24. The molecule has 0 unspecified atom stereocenters. The van der Waals surface area contributed by atoms with Crippen LogP contribution in [0.2, 0.25) is 0 Å². The fourth-order valence-corrected chi connectivity index (χ4v) is 2.50. The molecule has 0 amide bonds. The number of nitrogens with zero attached hydrogens (tertiary/aromatic N) is 1. The average Bonchev–Trinajstić information content (AvgIpc) is 2.31. The number of fused-ring (bicyclic) bond motifs is 2. The summed E-state index contributed by atoms with van der Waals surface area (Å²) in [5.74, 6) is 1.18. The smallest absolute Gasteiger partial charge is 0.279 e. The fraction of sp³-hybridized carbons (Fsp3) is 0.308. The molecule has 0 radical (unpaired) electrons. The number of nitrogen functional groups attached to an aromatic ring is 1. The first-order chi connectivity index (χ1) is 7.77. The molecule has 0 saturated heterocycles. The third-order valence-electron chi connectivity index (χ3n) is 3.38. The van der Waals surface area contributed by atoms with Crippen LogP contribution < -0.4 is 15.6 Å². The molecule has 0 aliphatic carbocycles. The van der Waals surface area contributed by atoms with E-state index in [2.05, 4.69) is 29.1 Å². The highest BCUT2D eigenvalue weighted by atomic mass is 15.2. The van der Waals surface area contributed by atoms with Crippen LogP contribution in [-0.4, -0.2) is 13.6 Å². The molecule has 1 aliphatic rings. The van der Waals surface area contributed by atoms with Gasteiger partial charge in [-0.3, -0.25) is 4.90 Å². The second-order valence-corrected chi connectivity index (χ2v) is 4.44. The van der Waals surface area contributed by atoms with E-state index in [9.17, 15) is 0 Å². The number of nitrogens with one attached hydrogen (secondary N) is 1. The molecule has 3 heteroatoms. The minimum Gasteiger partial charge on any atom is -0.398 e. The van der Waals surface area contributed by atoms with E-state index < -0.39 is 0 Å². The van der Waals surface area contributed by atoms with Crippen LogP contribution in [0.5, 0.6) is 0 Å². The van der Waals surface area contributed by atoms with Crippen LogP contribution in [0.1, 0.15) is 12.0 Å². The summed E-state index contributed by atoms with van der Waals surface area (Å²) in [7, 11) is 2.11. The van der Waals surface area contributed by atoms with Crippen LogP contribution in [0.15, 0.2) is 24.3 Å². The van der Waals surface area contributed by atoms with Gasteiger partial charge >= 0.3 is 0 Å². The number of aromatic nitrogens is 1. The van der Waals surface area contributed by atoms with E-state index >= 15 is 0 Å². The average molecular weight is 214 g/mol. The number of rotatable bonds is 0. The number of H-pyrrole nitrogens is 1. The lowest BCUT2D eigenvalue weighted by Gasteiger charge is -2.21. The fourth-order valence-electron chi connectivity index (χ4n) is 2.50. The molecule has 0 bridgehead atoms. The summed E-state index contributed by atoms with van der Waals surface area (Å²) in [6.45, 7) is 1.10. The predicted octanol–water partition coefficient (Wildman–Crippen LogP) is 1.62. The number of aromatic amines is 1. The van der Waals surface area contributed by atoms with Crippen molar-refractivity contribution in [3.05, 3.63) is 29.8 Å². The van der Waals surface area contributed by atoms with Gasteiger partial charge in [-0.1, -0.05) is 12.1 Å². The van der Waals surface area contributed by atoms with Gasteiger partial charge in [0.1, 0.15) is 5.52 Å². The van der Waals surface area contributed by atoms with Crippen molar-refractivity contribution >= 4 is 22.4 Å². The quantitative estimate of drug-likeness (QED) is 0.724. The molecule has 0 spiro atoms. The molecule has 3 N–H and O–H groups in total. The minimum atomic E-state index is 0.941. The first kappa shape index (κ1) is 9.46. The maximum Gasteiger partial charge on any atom is 0.279 e. The zero-order valence-corrected chi connectivity index (χ0v) is 9.46. The number of benzene rings is 1. The van der Waals surface area contributed by atoms with Crippen LogP contribution in [-0.2, 0) is 6.42 Å². The van der Waals surface area contributed by atoms with Gasteiger partial charge < -0.3 is 5.73 Å². The van der Waals surface area contributed by atoms with E-state index in [0.29, 0.717) is 0 Å². The summed E-state index contributed by atoms with van der Waals surface area (Å²) in [5.41, 5.74) is 9.58. The third-order valence-corrected chi connectivity index (χ3v) is 3.38. The first-order valence-electron chi connectivity index (χ1n) is 5.71. The van der Waals surface area contributed by atoms with Crippen LogP contribution in [0.3, 0.4) is 0 Å². The number of pyridine rings is 1. The molecule has 0 fully saturated rings. The number of hydrogen-bond donors (Lipinski definition) is 1. The summed E-state index contributed by atoms with van der Waals surface area (Å²) in [6, 6.07) is 8.23. The second-order valence-electron chi connectivity index (χ2n) is 4.44. The van der Waals surface area contributed by atoms with Crippen molar-refractivity contribution in [3.63, 3.8) is 0 Å². The molecule has 1 aromatic heterocycles. The van der Waals surface area contributed by atoms with Gasteiger partial charge in [0, 0.05) is 5.39 Å². The molecule has 1 aromatic carbocycles. The van der Waals surface area contributed by atoms with Crippen molar-refractivity contribution < 1.29 is 4.98 Å². The van der Waals surface area contributed by atoms with Crippen molar-refractivity contribution in [2.75, 3.05) is 24.2 Å². The summed E-state index contributed by atoms with van der Waals surface area (Å²) < 4.78 is 0. The predicted molar refractivity (Wildman–Crippen MR) is 66.5 cm³/mol. The lowest BCUT2D eigenvalue weighted by Crippen LogP contribution is -2.32. The van der Waals surface area contributed by atoms with E-state index in [1.54, 1.807) is 0 Å². The maximum atomic E-state index is 6.26. The molecular weight excluding hydrogens is 198 g/mol. The summed E-state index contributed by atoms with van der Waals surface area (Å²) in [4.78, 5) is 5.74. The van der Waals surface area contributed by atoms with Gasteiger partial charge in [-0.2, -0.15) is 0 Å². The summed E-state index contributed by atoms with van der Waals surface area (Å²) in [5, 5.41) is 1.14. The van der Waals surface area contributed by atoms with E-state index in [1.165, 1.54) is 17.8 Å². The van der Waals surface area contributed by atoms with Crippen molar-refractivity contribution in [3.8, 4) is 0 Å². The van der Waals surface area contributed by atoms with E-state index in [0.717, 1.165) is 29.6 Å². The van der Waals surface area contributed by atoms with Gasteiger partial charge in [0.25, 0.3) is 5.82 Å². The Hall–Kier alpha value is -1.77. The van der Waals surface area contributed by atoms with Gasteiger partial charge in [-0.25, -0.2) is 4.98 Å². The molecule has 16 heavy (non-hydrogen) atoms. The van der Waals surface area contributed by atoms with Crippen molar-refractivity contribution in [2.24, 2.45) is 0 Å². The van der Waals surface area contributed by atoms with Crippen molar-refractivity contribution in [2.45, 2.75) is 12.8 Å². The molecule has 82 valence electrons. The largest absolute Gasteiger partial charge is 0.398 e. The first-order valence-corrected chi connectivity index (χ1v) is 5.71. The molecule has 3 rings (SSSR count). The maximum absolute atomic E-state index is 6.26. The van der Waals surface area contributed by atoms with Crippen molar-refractivity contribution in [1.29, 1.82) is 0 Å². The number of para-hydroxylation sites is 1. The van der Waals surface area contributed by atoms with E-state index in [-0.39, 0.29) is 0 Å². The van der Waals surface area contributed by atoms with Crippen LogP contribution in [0.25, 0.3) is 10.9 Å². The topological polar surface area (TPSA) is 43.4 Å². The Labute approximate surface area is 94.9 Å². The zero-order chi connectivity index (χ0) is 11.1. The highest BCUT2D eigenvalue weighted by molar-refractivity contribution is 5.91. The standard InChI is InChI=1S/C13H15N3/c1-16-8-4-6-10-12(14)9-5-2-3-7-11(9)15-13(10)16/h2-3,5,7H,4,6,8H2,1H3,(H2,14,15)/p+1. The van der Waals surface area contributed by atoms with Crippen LogP contribution >= 0.6 is 0 Å². The lowest BCUT2D eigenvalue weighted by atomic mass is 10.0. The Kier molecular flexibility index (Phi) is 1.99. The molecule has 1 aliphatic heterocycles. The molecule has 3 nitrogen and oxygen atoms in total.